The molecule has 1 amide bonds. The molecular formula is C12H22NO6P. The molecule has 0 aliphatic carbocycles. The number of carbonyl (C=O) groups excluding carboxylic acids is 1. The smallest absolute Gasteiger partial charge is 0.409 e. The summed E-state index contributed by atoms with van der Waals surface area (Å²) in [4.78, 5) is 13.3. The van der Waals surface area contributed by atoms with Gasteiger partial charge in [0, 0.05) is 18.7 Å². The van der Waals surface area contributed by atoms with Gasteiger partial charge in [-0.2, -0.15) is 0 Å². The fourth-order valence-electron chi connectivity index (χ4n) is 1.82. The summed E-state index contributed by atoms with van der Waals surface area (Å²) >= 11 is 0. The van der Waals surface area contributed by atoms with Gasteiger partial charge in [-0.05, 0) is 12.8 Å². The molecule has 7 nitrogen and oxygen atoms in total. The minimum atomic E-state index is -0.342. The van der Waals surface area contributed by atoms with E-state index in [9.17, 15) is 9.36 Å². The third-order valence-corrected chi connectivity index (χ3v) is 3.75. The second-order valence-corrected chi connectivity index (χ2v) is 5.33. The van der Waals surface area contributed by atoms with Crippen LogP contribution in [0.25, 0.3) is 0 Å². The van der Waals surface area contributed by atoms with Crippen molar-refractivity contribution >= 4 is 14.6 Å². The second-order valence-electron chi connectivity index (χ2n) is 4.39. The van der Waals surface area contributed by atoms with E-state index in [-0.39, 0.29) is 33.4 Å². The summed E-state index contributed by atoms with van der Waals surface area (Å²) in [6.45, 7) is 2.84. The zero-order valence-corrected chi connectivity index (χ0v) is 12.4. The molecule has 1 saturated heterocycles. The maximum atomic E-state index is 11.7. The Morgan fingerprint density at radius 3 is 2.30 bits per heavy atom. The zero-order valence-electron chi connectivity index (χ0n) is 11.5. The first-order chi connectivity index (χ1) is 9.77. The molecule has 0 saturated carbocycles. The highest BCUT2D eigenvalue weighted by molar-refractivity contribution is 7.24. The molecule has 0 spiro atoms. The summed E-state index contributed by atoms with van der Waals surface area (Å²) in [5.41, 5.74) is 0.168. The molecule has 0 radical (unpaired) electrons. The van der Waals surface area contributed by atoms with Crippen molar-refractivity contribution in [3.63, 3.8) is 0 Å². The van der Waals surface area contributed by atoms with Gasteiger partial charge in [-0.25, -0.2) is 4.79 Å². The average molecular weight is 307 g/mol. The van der Waals surface area contributed by atoms with Gasteiger partial charge in [0.05, 0.1) is 33.0 Å². The van der Waals surface area contributed by atoms with E-state index in [1.54, 1.807) is 4.90 Å². The van der Waals surface area contributed by atoms with Gasteiger partial charge in [0.1, 0.15) is 6.61 Å². The summed E-state index contributed by atoms with van der Waals surface area (Å²) < 4.78 is 26.0. The number of piperidine rings is 1. The standard InChI is InChI=1S/C12H22NO6P/c14-5-6-17-7-8-18-9-10-19-12(15)13-3-1-11(20-16)2-4-13/h11,14H,1-10H2. The number of amides is 1. The minimum Gasteiger partial charge on any atom is -0.447 e. The molecule has 0 atom stereocenters. The fraction of sp³-hybridized carbons (Fsp3) is 0.917. The van der Waals surface area contributed by atoms with Crippen molar-refractivity contribution in [2.75, 3.05) is 52.7 Å². The van der Waals surface area contributed by atoms with Crippen LogP contribution in [0.4, 0.5) is 4.79 Å². The predicted molar refractivity (Wildman–Crippen MR) is 72.3 cm³/mol. The van der Waals surface area contributed by atoms with Crippen molar-refractivity contribution in [1.29, 1.82) is 0 Å². The van der Waals surface area contributed by atoms with Crippen molar-refractivity contribution in [3.8, 4) is 0 Å². The maximum Gasteiger partial charge on any atom is 0.409 e. The largest absolute Gasteiger partial charge is 0.447 e. The Morgan fingerprint density at radius 1 is 1.10 bits per heavy atom. The van der Waals surface area contributed by atoms with Crippen LogP contribution in [0.15, 0.2) is 0 Å². The number of hydrogen-bond donors (Lipinski definition) is 1. The minimum absolute atomic E-state index is 0.000150. The maximum absolute atomic E-state index is 11.7. The highest BCUT2D eigenvalue weighted by Gasteiger charge is 2.23. The normalized spacial score (nSPS) is 16.6. The Bertz CT molecular complexity index is 283. The first kappa shape index (κ1) is 17.3. The first-order valence-corrected chi connectivity index (χ1v) is 7.66. The Hall–Kier alpha value is -0.750. The molecule has 1 rings (SSSR count). The van der Waals surface area contributed by atoms with Gasteiger partial charge in [0.2, 0.25) is 0 Å². The van der Waals surface area contributed by atoms with E-state index in [0.717, 1.165) is 12.8 Å². The van der Waals surface area contributed by atoms with Crippen molar-refractivity contribution in [3.05, 3.63) is 0 Å². The molecule has 0 aromatic carbocycles. The Morgan fingerprint density at radius 2 is 1.70 bits per heavy atom. The van der Waals surface area contributed by atoms with E-state index in [1.165, 1.54) is 0 Å². The van der Waals surface area contributed by atoms with E-state index in [0.29, 0.717) is 39.5 Å². The Labute approximate surface area is 120 Å². The summed E-state index contributed by atoms with van der Waals surface area (Å²) in [5.74, 6) is 0. The lowest BCUT2D eigenvalue weighted by molar-refractivity contribution is 0.0135. The Kier molecular flexibility index (Phi) is 9.49. The van der Waals surface area contributed by atoms with Crippen molar-refractivity contribution in [2.45, 2.75) is 18.5 Å². The summed E-state index contributed by atoms with van der Waals surface area (Å²) in [6, 6.07) is 0. The van der Waals surface area contributed by atoms with Crippen molar-refractivity contribution < 1.29 is 28.7 Å². The zero-order chi connectivity index (χ0) is 14.6. The van der Waals surface area contributed by atoms with E-state index >= 15 is 0 Å². The molecule has 0 unspecified atom stereocenters. The third kappa shape index (κ3) is 7.14. The third-order valence-electron chi connectivity index (χ3n) is 2.93. The molecule has 0 bridgehead atoms. The lowest BCUT2D eigenvalue weighted by atomic mass is 10.1. The van der Waals surface area contributed by atoms with E-state index in [1.807, 2.05) is 0 Å². The van der Waals surface area contributed by atoms with E-state index in [2.05, 4.69) is 0 Å². The quantitative estimate of drug-likeness (QED) is 0.503. The van der Waals surface area contributed by atoms with Crippen LogP contribution in [0.1, 0.15) is 12.8 Å². The van der Waals surface area contributed by atoms with Crippen LogP contribution in [0.5, 0.6) is 0 Å². The molecule has 1 fully saturated rings. The fourth-order valence-corrected chi connectivity index (χ4v) is 2.26. The number of ether oxygens (including phenoxy) is 3. The Balaban J connectivity index is 1.96. The monoisotopic (exact) mass is 307 g/mol. The number of carbonyl (C=O) groups is 1. The van der Waals surface area contributed by atoms with E-state index < -0.39 is 0 Å². The van der Waals surface area contributed by atoms with Crippen LogP contribution in [-0.4, -0.2) is 74.5 Å². The molecule has 116 valence electrons. The van der Waals surface area contributed by atoms with Gasteiger partial charge < -0.3 is 24.2 Å². The molecule has 1 aliphatic heterocycles. The van der Waals surface area contributed by atoms with Gasteiger partial charge in [-0.1, -0.05) is 0 Å². The second kappa shape index (κ2) is 11.0. The predicted octanol–water partition coefficient (Wildman–Crippen LogP) is 0.905. The lowest BCUT2D eigenvalue weighted by Gasteiger charge is -2.28. The number of hydrogen-bond acceptors (Lipinski definition) is 6. The highest BCUT2D eigenvalue weighted by Crippen LogP contribution is 2.21. The van der Waals surface area contributed by atoms with Crippen molar-refractivity contribution in [2.24, 2.45) is 0 Å². The summed E-state index contributed by atoms with van der Waals surface area (Å²) in [6.07, 6.45) is 1.16. The van der Waals surface area contributed by atoms with Gasteiger partial charge in [-0.3, -0.25) is 4.57 Å². The van der Waals surface area contributed by atoms with E-state index in [4.69, 9.17) is 19.3 Å². The first-order valence-electron chi connectivity index (χ1n) is 6.78. The van der Waals surface area contributed by atoms with Crippen LogP contribution < -0.4 is 0 Å². The number of aliphatic hydroxyl groups excluding tert-OH is 1. The van der Waals surface area contributed by atoms with Crippen LogP contribution in [0.3, 0.4) is 0 Å². The van der Waals surface area contributed by atoms with Gasteiger partial charge in [-0.15, -0.1) is 0 Å². The molecule has 20 heavy (non-hydrogen) atoms. The molecule has 1 N–H and O–H groups in total. The number of aliphatic hydroxyl groups is 1. The molecule has 8 heteroatoms. The van der Waals surface area contributed by atoms with Crippen LogP contribution >= 0.6 is 8.46 Å². The highest BCUT2D eigenvalue weighted by atomic mass is 31.1. The number of likely N-dealkylation sites (tertiary alicyclic amines) is 1. The number of rotatable bonds is 9. The topological polar surface area (TPSA) is 85.3 Å². The van der Waals surface area contributed by atoms with Gasteiger partial charge in [0.15, 0.2) is 8.46 Å². The van der Waals surface area contributed by atoms with Crippen LogP contribution in [0.2, 0.25) is 0 Å². The van der Waals surface area contributed by atoms with Crippen LogP contribution in [0, 0.1) is 0 Å². The summed E-state index contributed by atoms with van der Waals surface area (Å²) in [5, 5.41) is 8.48. The van der Waals surface area contributed by atoms with Gasteiger partial charge >= 0.3 is 6.09 Å². The molecule has 0 aromatic heterocycles. The lowest BCUT2D eigenvalue weighted by Crippen LogP contribution is -2.39. The number of nitrogens with zero attached hydrogens (tertiary/aromatic N) is 1. The summed E-state index contributed by atoms with van der Waals surface area (Å²) in [7, 11) is 0.165. The molecule has 1 heterocycles. The molecule has 0 aromatic rings. The van der Waals surface area contributed by atoms with Crippen LogP contribution in [-0.2, 0) is 18.8 Å². The SMILES string of the molecule is O=PC1CCN(C(=O)OCCOCCOCCO)CC1. The molecule has 1 aliphatic rings. The molecular weight excluding hydrogens is 285 g/mol. The average Bonchev–Trinajstić information content (AvgIpc) is 2.50. The van der Waals surface area contributed by atoms with Gasteiger partial charge in [0.25, 0.3) is 0 Å². The van der Waals surface area contributed by atoms with Crippen molar-refractivity contribution in [1.82, 2.24) is 4.90 Å².